The average molecular weight is 320 g/mol. The predicted octanol–water partition coefficient (Wildman–Crippen LogP) is 4.69. The number of anilines is 1. The summed E-state index contributed by atoms with van der Waals surface area (Å²) in [7, 11) is 0. The van der Waals surface area contributed by atoms with E-state index in [1.165, 1.54) is 11.3 Å². The number of hydrogen-bond acceptors (Lipinski definition) is 4. The number of thiophene rings is 1. The molecule has 3 rings (SSSR count). The van der Waals surface area contributed by atoms with E-state index < -0.39 is 0 Å². The van der Waals surface area contributed by atoms with Gasteiger partial charge in [-0.05, 0) is 42.0 Å². The van der Waals surface area contributed by atoms with Crippen molar-refractivity contribution in [1.82, 2.24) is 0 Å². The highest BCUT2D eigenvalue weighted by Crippen LogP contribution is 2.33. The van der Waals surface area contributed by atoms with Crippen LogP contribution in [0.15, 0.2) is 59.2 Å². The Kier molecular flexibility index (Phi) is 4.29. The van der Waals surface area contributed by atoms with E-state index in [-0.39, 0.29) is 12.6 Å². The molecule has 0 amide bonds. The highest BCUT2D eigenvalue weighted by Gasteiger charge is 2.18. The first-order valence-electron chi connectivity index (χ1n) is 6.51. The first kappa shape index (κ1) is 14.2. The molecule has 0 aliphatic carbocycles. The number of furan rings is 1. The minimum Gasteiger partial charge on any atom is -0.467 e. The predicted molar refractivity (Wildman–Crippen MR) is 85.9 cm³/mol. The first-order chi connectivity index (χ1) is 10.3. The molecular weight excluding hydrogens is 306 g/mol. The number of aliphatic hydroxyl groups is 1. The van der Waals surface area contributed by atoms with E-state index in [2.05, 4.69) is 5.32 Å². The Bertz CT molecular complexity index is 691. The van der Waals surface area contributed by atoms with Crippen LogP contribution >= 0.6 is 22.9 Å². The van der Waals surface area contributed by atoms with E-state index in [9.17, 15) is 0 Å². The van der Waals surface area contributed by atoms with Crippen LogP contribution in [-0.2, 0) is 6.61 Å². The molecule has 5 heteroatoms. The van der Waals surface area contributed by atoms with Crippen molar-refractivity contribution in [1.29, 1.82) is 0 Å². The first-order valence-corrected chi connectivity index (χ1v) is 7.70. The molecule has 1 atom stereocenters. The molecule has 21 heavy (non-hydrogen) atoms. The van der Waals surface area contributed by atoms with E-state index in [4.69, 9.17) is 21.1 Å². The van der Waals surface area contributed by atoms with E-state index in [1.54, 1.807) is 6.26 Å². The lowest BCUT2D eigenvalue weighted by molar-refractivity contribution is 0.282. The minimum atomic E-state index is -0.0857. The molecule has 1 unspecified atom stereocenters. The SMILES string of the molecule is OCc1ccc(NC(c2ccco2)c2ccc(Cl)s2)cc1. The Morgan fingerprint density at radius 1 is 1.14 bits per heavy atom. The molecule has 0 fully saturated rings. The number of aliphatic hydroxyl groups excluding tert-OH is 1. The summed E-state index contributed by atoms with van der Waals surface area (Å²) in [5.74, 6) is 0.833. The number of halogens is 1. The summed E-state index contributed by atoms with van der Waals surface area (Å²) in [5.41, 5.74) is 1.84. The van der Waals surface area contributed by atoms with Crippen molar-refractivity contribution < 1.29 is 9.52 Å². The molecule has 0 aliphatic rings. The molecule has 0 spiro atoms. The van der Waals surface area contributed by atoms with Crippen molar-refractivity contribution in [2.75, 3.05) is 5.32 Å². The molecule has 1 aromatic carbocycles. The Morgan fingerprint density at radius 2 is 1.95 bits per heavy atom. The van der Waals surface area contributed by atoms with Crippen LogP contribution in [0, 0.1) is 0 Å². The third-order valence-corrected chi connectivity index (χ3v) is 4.45. The number of rotatable bonds is 5. The van der Waals surface area contributed by atoms with Crippen molar-refractivity contribution in [2.24, 2.45) is 0 Å². The van der Waals surface area contributed by atoms with Crippen LogP contribution in [0.2, 0.25) is 4.34 Å². The van der Waals surface area contributed by atoms with Gasteiger partial charge >= 0.3 is 0 Å². The number of hydrogen-bond donors (Lipinski definition) is 2. The van der Waals surface area contributed by atoms with Gasteiger partial charge in [0.25, 0.3) is 0 Å². The van der Waals surface area contributed by atoms with Crippen LogP contribution in [0.4, 0.5) is 5.69 Å². The van der Waals surface area contributed by atoms with Gasteiger partial charge in [0.05, 0.1) is 17.2 Å². The summed E-state index contributed by atoms with van der Waals surface area (Å²) < 4.78 is 6.29. The number of benzene rings is 1. The lowest BCUT2D eigenvalue weighted by Gasteiger charge is -2.17. The van der Waals surface area contributed by atoms with Gasteiger partial charge in [0.2, 0.25) is 0 Å². The van der Waals surface area contributed by atoms with Crippen LogP contribution < -0.4 is 5.32 Å². The van der Waals surface area contributed by atoms with Crippen molar-refractivity contribution in [3.63, 3.8) is 0 Å². The summed E-state index contributed by atoms with van der Waals surface area (Å²) >= 11 is 7.56. The van der Waals surface area contributed by atoms with Gasteiger partial charge in [-0.1, -0.05) is 23.7 Å². The van der Waals surface area contributed by atoms with Crippen molar-refractivity contribution >= 4 is 28.6 Å². The molecule has 2 N–H and O–H groups in total. The molecule has 108 valence electrons. The smallest absolute Gasteiger partial charge is 0.131 e. The van der Waals surface area contributed by atoms with E-state index in [0.29, 0.717) is 0 Å². The lowest BCUT2D eigenvalue weighted by atomic mass is 10.1. The molecule has 3 nitrogen and oxygen atoms in total. The van der Waals surface area contributed by atoms with Crippen LogP contribution in [-0.4, -0.2) is 5.11 Å². The summed E-state index contributed by atoms with van der Waals surface area (Å²) in [6.07, 6.45) is 1.66. The maximum Gasteiger partial charge on any atom is 0.131 e. The van der Waals surface area contributed by atoms with Crippen LogP contribution in [0.1, 0.15) is 22.2 Å². The zero-order valence-electron chi connectivity index (χ0n) is 11.1. The monoisotopic (exact) mass is 319 g/mol. The van der Waals surface area contributed by atoms with Gasteiger partial charge in [-0.2, -0.15) is 0 Å². The summed E-state index contributed by atoms with van der Waals surface area (Å²) in [5, 5.41) is 12.5. The average Bonchev–Trinajstić information content (AvgIpc) is 3.17. The maximum atomic E-state index is 9.09. The topological polar surface area (TPSA) is 45.4 Å². The molecular formula is C16H14ClNO2S. The normalized spacial score (nSPS) is 12.3. The van der Waals surface area contributed by atoms with E-state index >= 15 is 0 Å². The standard InChI is InChI=1S/C16H14ClNO2S/c17-15-8-7-14(21-15)16(13-2-1-9-20-13)18-12-5-3-11(10-19)4-6-12/h1-9,16,18-19H,10H2. The van der Waals surface area contributed by atoms with Gasteiger partial charge in [-0.15, -0.1) is 11.3 Å². The van der Waals surface area contributed by atoms with Gasteiger partial charge in [0.15, 0.2) is 0 Å². The van der Waals surface area contributed by atoms with Gasteiger partial charge in [0.1, 0.15) is 11.8 Å². The zero-order valence-corrected chi connectivity index (χ0v) is 12.7. The zero-order chi connectivity index (χ0) is 14.7. The largest absolute Gasteiger partial charge is 0.467 e. The molecule has 3 aromatic rings. The molecule has 2 heterocycles. The lowest BCUT2D eigenvalue weighted by Crippen LogP contribution is -2.10. The fourth-order valence-electron chi connectivity index (χ4n) is 2.09. The Hall–Kier alpha value is -1.75. The quantitative estimate of drug-likeness (QED) is 0.717. The minimum absolute atomic E-state index is 0.0441. The summed E-state index contributed by atoms with van der Waals surface area (Å²) in [6.45, 7) is 0.0441. The Morgan fingerprint density at radius 3 is 2.52 bits per heavy atom. The van der Waals surface area contributed by atoms with E-state index in [0.717, 1.165) is 26.2 Å². The van der Waals surface area contributed by atoms with Gasteiger partial charge in [-0.3, -0.25) is 0 Å². The highest BCUT2D eigenvalue weighted by molar-refractivity contribution is 7.16. The van der Waals surface area contributed by atoms with Crippen LogP contribution in [0.25, 0.3) is 0 Å². The highest BCUT2D eigenvalue weighted by atomic mass is 35.5. The molecule has 0 saturated heterocycles. The molecule has 2 aromatic heterocycles. The Labute approximate surface area is 131 Å². The second kappa shape index (κ2) is 6.35. The maximum absolute atomic E-state index is 9.09. The fraction of sp³-hybridized carbons (Fsp3) is 0.125. The second-order valence-corrected chi connectivity index (χ2v) is 6.34. The van der Waals surface area contributed by atoms with Gasteiger partial charge < -0.3 is 14.8 Å². The van der Waals surface area contributed by atoms with Crippen molar-refractivity contribution in [3.8, 4) is 0 Å². The summed E-state index contributed by atoms with van der Waals surface area (Å²) in [6, 6.07) is 15.3. The van der Waals surface area contributed by atoms with Gasteiger partial charge in [0, 0.05) is 10.6 Å². The molecule has 0 saturated carbocycles. The van der Waals surface area contributed by atoms with Crippen molar-refractivity contribution in [3.05, 3.63) is 75.3 Å². The third-order valence-electron chi connectivity index (χ3n) is 3.15. The van der Waals surface area contributed by atoms with Crippen LogP contribution in [0.3, 0.4) is 0 Å². The summed E-state index contributed by atoms with van der Waals surface area (Å²) in [4.78, 5) is 1.08. The third kappa shape index (κ3) is 3.29. The number of nitrogens with one attached hydrogen (secondary N) is 1. The van der Waals surface area contributed by atoms with Gasteiger partial charge in [-0.25, -0.2) is 0 Å². The fourth-order valence-corrected chi connectivity index (χ4v) is 3.21. The Balaban J connectivity index is 1.88. The molecule has 0 radical (unpaired) electrons. The van der Waals surface area contributed by atoms with E-state index in [1.807, 2.05) is 48.5 Å². The molecule has 0 bridgehead atoms. The van der Waals surface area contributed by atoms with Crippen molar-refractivity contribution in [2.45, 2.75) is 12.6 Å². The second-order valence-electron chi connectivity index (χ2n) is 4.59. The van der Waals surface area contributed by atoms with Crippen LogP contribution in [0.5, 0.6) is 0 Å². The molecule has 0 aliphatic heterocycles.